The Morgan fingerprint density at radius 1 is 1.32 bits per heavy atom. The number of para-hydroxylation sites is 1. The molecule has 2 heterocycles. The highest BCUT2D eigenvalue weighted by molar-refractivity contribution is 5.95. The second-order valence-corrected chi connectivity index (χ2v) is 4.97. The first-order valence-electron chi connectivity index (χ1n) is 6.93. The molecule has 0 unspecified atom stereocenters. The molecule has 0 saturated heterocycles. The highest BCUT2D eigenvalue weighted by Crippen LogP contribution is 2.18. The molecule has 0 spiro atoms. The van der Waals surface area contributed by atoms with Gasteiger partial charge in [0, 0.05) is 30.2 Å². The molecular weight excluding hydrogens is 282 g/mol. The summed E-state index contributed by atoms with van der Waals surface area (Å²) in [4.78, 5) is 27.8. The van der Waals surface area contributed by atoms with E-state index in [1.165, 1.54) is 17.0 Å². The number of amides is 1. The van der Waals surface area contributed by atoms with Gasteiger partial charge >= 0.3 is 0 Å². The minimum Gasteiger partial charge on any atom is -0.451 e. The van der Waals surface area contributed by atoms with E-state index in [9.17, 15) is 9.59 Å². The Morgan fingerprint density at radius 3 is 2.91 bits per heavy atom. The van der Waals surface area contributed by atoms with Crippen LogP contribution in [0.15, 0.2) is 51.9 Å². The van der Waals surface area contributed by atoms with Crippen LogP contribution in [0, 0.1) is 6.92 Å². The number of carbonyl (C=O) groups excluding carboxylic acids is 1. The maximum atomic E-state index is 12.0. The van der Waals surface area contributed by atoms with Crippen molar-refractivity contribution in [2.24, 2.45) is 0 Å². The maximum Gasteiger partial charge on any atom is 0.287 e. The summed E-state index contributed by atoms with van der Waals surface area (Å²) < 4.78 is 6.93. The number of rotatable bonds is 4. The van der Waals surface area contributed by atoms with E-state index in [4.69, 9.17) is 4.42 Å². The smallest absolute Gasteiger partial charge is 0.287 e. The molecule has 0 aliphatic heterocycles. The lowest BCUT2D eigenvalue weighted by atomic mass is 10.2. The lowest BCUT2D eigenvalue weighted by Gasteiger charge is -2.06. The van der Waals surface area contributed by atoms with Crippen LogP contribution in [-0.2, 0) is 6.54 Å². The van der Waals surface area contributed by atoms with Crippen molar-refractivity contribution < 1.29 is 9.21 Å². The lowest BCUT2D eigenvalue weighted by molar-refractivity contribution is 0.0926. The van der Waals surface area contributed by atoms with Gasteiger partial charge in [-0.3, -0.25) is 14.2 Å². The summed E-state index contributed by atoms with van der Waals surface area (Å²) in [6, 6.07) is 10.6. The summed E-state index contributed by atoms with van der Waals surface area (Å²) in [7, 11) is 0. The Hall–Kier alpha value is -2.89. The van der Waals surface area contributed by atoms with E-state index in [0.29, 0.717) is 24.4 Å². The molecule has 0 fully saturated rings. The first-order valence-corrected chi connectivity index (χ1v) is 6.93. The van der Waals surface area contributed by atoms with E-state index < -0.39 is 0 Å². The number of fused-ring (bicyclic) bond motifs is 1. The van der Waals surface area contributed by atoms with Crippen molar-refractivity contribution in [2.75, 3.05) is 6.54 Å². The Balaban J connectivity index is 1.63. The van der Waals surface area contributed by atoms with Gasteiger partial charge in [-0.05, 0) is 19.1 Å². The average molecular weight is 297 g/mol. The zero-order valence-electron chi connectivity index (χ0n) is 12.1. The van der Waals surface area contributed by atoms with Gasteiger partial charge in [-0.2, -0.15) is 0 Å². The van der Waals surface area contributed by atoms with Gasteiger partial charge in [-0.25, -0.2) is 4.98 Å². The van der Waals surface area contributed by atoms with E-state index in [1.807, 2.05) is 24.3 Å². The molecule has 6 nitrogen and oxygen atoms in total. The van der Waals surface area contributed by atoms with Crippen LogP contribution in [-0.4, -0.2) is 22.0 Å². The largest absolute Gasteiger partial charge is 0.451 e. The van der Waals surface area contributed by atoms with Crippen molar-refractivity contribution >= 4 is 16.9 Å². The first-order chi connectivity index (χ1) is 10.6. The summed E-state index contributed by atoms with van der Waals surface area (Å²) >= 11 is 0. The van der Waals surface area contributed by atoms with Gasteiger partial charge in [0.2, 0.25) is 0 Å². The van der Waals surface area contributed by atoms with Crippen molar-refractivity contribution in [2.45, 2.75) is 13.5 Å². The van der Waals surface area contributed by atoms with E-state index in [0.717, 1.165) is 5.39 Å². The summed E-state index contributed by atoms with van der Waals surface area (Å²) in [5.74, 6) is -0.0418. The van der Waals surface area contributed by atoms with Crippen molar-refractivity contribution in [3.63, 3.8) is 0 Å². The molecule has 0 saturated carbocycles. The number of aromatic nitrogens is 2. The minimum atomic E-state index is -0.302. The van der Waals surface area contributed by atoms with Gasteiger partial charge in [-0.1, -0.05) is 18.2 Å². The van der Waals surface area contributed by atoms with Crippen LogP contribution >= 0.6 is 0 Å². The number of hydrogen-bond acceptors (Lipinski definition) is 4. The van der Waals surface area contributed by atoms with Crippen molar-refractivity contribution in [1.29, 1.82) is 0 Å². The van der Waals surface area contributed by atoms with Crippen LogP contribution < -0.4 is 10.9 Å². The number of benzene rings is 1. The van der Waals surface area contributed by atoms with E-state index in [-0.39, 0.29) is 17.2 Å². The molecule has 1 amide bonds. The topological polar surface area (TPSA) is 77.1 Å². The number of aryl methyl sites for hydroxylation is 1. The number of hydrogen-bond donors (Lipinski definition) is 1. The number of nitrogens with zero attached hydrogens (tertiary/aromatic N) is 2. The molecule has 2 aromatic heterocycles. The first kappa shape index (κ1) is 14.1. The maximum absolute atomic E-state index is 12.0. The Kier molecular flexibility index (Phi) is 3.74. The SMILES string of the molecule is Cc1cc(=O)n(CCNC(=O)c2cc3ccccc3o2)cn1. The summed E-state index contributed by atoms with van der Waals surface area (Å²) in [5, 5.41) is 3.61. The fraction of sp³-hybridized carbons (Fsp3) is 0.188. The standard InChI is InChI=1S/C16H15N3O3/c1-11-8-15(20)19(10-18-11)7-6-17-16(21)14-9-12-4-2-3-5-13(12)22-14/h2-5,8-10H,6-7H2,1H3,(H,17,21). The summed E-state index contributed by atoms with van der Waals surface area (Å²) in [6.45, 7) is 2.44. The van der Waals surface area contributed by atoms with Crippen LogP contribution in [0.5, 0.6) is 0 Å². The Labute approximate surface area is 126 Å². The third-order valence-electron chi connectivity index (χ3n) is 3.30. The number of furan rings is 1. The van der Waals surface area contributed by atoms with E-state index in [2.05, 4.69) is 10.3 Å². The zero-order valence-corrected chi connectivity index (χ0v) is 12.1. The third kappa shape index (κ3) is 2.90. The highest BCUT2D eigenvalue weighted by atomic mass is 16.3. The van der Waals surface area contributed by atoms with Crippen LogP contribution in [0.1, 0.15) is 16.2 Å². The quantitative estimate of drug-likeness (QED) is 0.795. The molecule has 22 heavy (non-hydrogen) atoms. The van der Waals surface area contributed by atoms with Gasteiger partial charge in [0.25, 0.3) is 11.5 Å². The van der Waals surface area contributed by atoms with E-state index >= 15 is 0 Å². The molecule has 3 rings (SSSR count). The van der Waals surface area contributed by atoms with Gasteiger partial charge in [0.1, 0.15) is 5.58 Å². The molecular formula is C16H15N3O3. The Bertz CT molecular complexity index is 846. The minimum absolute atomic E-state index is 0.134. The predicted molar refractivity (Wildman–Crippen MR) is 81.8 cm³/mol. The fourth-order valence-electron chi connectivity index (χ4n) is 2.16. The van der Waals surface area contributed by atoms with Gasteiger partial charge in [-0.15, -0.1) is 0 Å². The van der Waals surface area contributed by atoms with Crippen molar-refractivity contribution in [1.82, 2.24) is 14.9 Å². The van der Waals surface area contributed by atoms with Gasteiger partial charge in [0.05, 0.1) is 6.33 Å². The van der Waals surface area contributed by atoms with Crippen molar-refractivity contribution in [3.05, 3.63) is 64.5 Å². The monoisotopic (exact) mass is 297 g/mol. The average Bonchev–Trinajstić information content (AvgIpc) is 2.93. The van der Waals surface area contributed by atoms with Crippen LogP contribution in [0.25, 0.3) is 11.0 Å². The van der Waals surface area contributed by atoms with Gasteiger partial charge < -0.3 is 9.73 Å². The molecule has 6 heteroatoms. The molecule has 0 aliphatic carbocycles. The van der Waals surface area contributed by atoms with E-state index in [1.54, 1.807) is 13.0 Å². The molecule has 3 aromatic rings. The second kappa shape index (κ2) is 5.85. The van der Waals surface area contributed by atoms with Crippen molar-refractivity contribution in [3.8, 4) is 0 Å². The predicted octanol–water partition coefficient (Wildman–Crippen LogP) is 1.73. The number of carbonyl (C=O) groups is 1. The zero-order chi connectivity index (χ0) is 15.5. The molecule has 112 valence electrons. The number of nitrogens with one attached hydrogen (secondary N) is 1. The fourth-order valence-corrected chi connectivity index (χ4v) is 2.16. The van der Waals surface area contributed by atoms with Crippen LogP contribution in [0.3, 0.4) is 0 Å². The molecule has 0 aliphatic rings. The Morgan fingerprint density at radius 2 is 2.14 bits per heavy atom. The molecule has 1 aromatic carbocycles. The van der Waals surface area contributed by atoms with Gasteiger partial charge in [0.15, 0.2) is 5.76 Å². The highest BCUT2D eigenvalue weighted by Gasteiger charge is 2.11. The lowest BCUT2D eigenvalue weighted by Crippen LogP contribution is -2.30. The van der Waals surface area contributed by atoms with Crippen LogP contribution in [0.2, 0.25) is 0 Å². The normalized spacial score (nSPS) is 10.8. The molecule has 0 atom stereocenters. The molecule has 0 bridgehead atoms. The second-order valence-electron chi connectivity index (χ2n) is 4.97. The van der Waals surface area contributed by atoms with Crippen LogP contribution in [0.4, 0.5) is 0 Å². The third-order valence-corrected chi connectivity index (χ3v) is 3.30. The molecule has 1 N–H and O–H groups in total. The summed E-state index contributed by atoms with van der Waals surface area (Å²) in [6.07, 6.45) is 1.48. The summed E-state index contributed by atoms with van der Waals surface area (Å²) in [5.41, 5.74) is 1.21. The molecule has 0 radical (unpaired) electrons.